The van der Waals surface area contributed by atoms with Gasteiger partial charge in [-0.05, 0) is 66.8 Å². The number of carbonyl (C=O) groups is 1. The average Bonchev–Trinajstić information content (AvgIpc) is 2.69. The molecule has 0 saturated heterocycles. The second kappa shape index (κ2) is 8.76. The smallest absolute Gasteiger partial charge is 0.225 e. The first-order valence-electron chi connectivity index (χ1n) is 10.1. The molecule has 0 unspecified atom stereocenters. The van der Waals surface area contributed by atoms with Crippen LogP contribution in [0.2, 0.25) is 0 Å². The predicted octanol–water partition coefficient (Wildman–Crippen LogP) is 4.48. The molecule has 2 aromatic rings. The van der Waals surface area contributed by atoms with E-state index in [1.165, 1.54) is 5.56 Å². The lowest BCUT2D eigenvalue weighted by molar-refractivity contribution is -0.138. The van der Waals surface area contributed by atoms with Crippen LogP contribution in [0.1, 0.15) is 42.1 Å². The molecule has 29 heavy (non-hydrogen) atoms. The van der Waals surface area contributed by atoms with Gasteiger partial charge in [0.15, 0.2) is 11.5 Å². The minimum atomic E-state index is -0.172. The molecule has 1 heterocycles. The molecule has 0 spiro atoms. The van der Waals surface area contributed by atoms with E-state index in [1.807, 2.05) is 43.0 Å². The lowest BCUT2D eigenvalue weighted by Crippen LogP contribution is -2.44. The fraction of sp³-hybridized carbons (Fsp3) is 0.458. The zero-order valence-corrected chi connectivity index (χ0v) is 18.2. The highest BCUT2D eigenvalue weighted by Crippen LogP contribution is 2.39. The summed E-state index contributed by atoms with van der Waals surface area (Å²) in [6.45, 7) is 9.05. The van der Waals surface area contributed by atoms with Gasteiger partial charge in [-0.1, -0.05) is 19.9 Å². The summed E-state index contributed by atoms with van der Waals surface area (Å²) in [7, 11) is 3.27. The molecule has 0 radical (unpaired) electrons. The van der Waals surface area contributed by atoms with Crippen molar-refractivity contribution in [2.24, 2.45) is 5.92 Å². The standard InChI is InChI=1S/C24H31NO4/c1-15(2)24(26)25-8-7-18-12-22(27-5)23(28-6)13-20(18)21(25)14-29-19-10-16(3)9-17(4)11-19/h9-13,15,21H,7-8,14H2,1-6H3/t21-/m0/s1. The number of amides is 1. The lowest BCUT2D eigenvalue weighted by atomic mass is 9.91. The first-order valence-corrected chi connectivity index (χ1v) is 10.1. The molecule has 0 aromatic heterocycles. The SMILES string of the molecule is COc1cc2c(cc1OC)[C@H](COc1cc(C)cc(C)c1)N(C(=O)C(C)C)CC2. The van der Waals surface area contributed by atoms with Gasteiger partial charge in [0, 0.05) is 12.5 Å². The van der Waals surface area contributed by atoms with Crippen LogP contribution in [-0.4, -0.2) is 38.2 Å². The number of ether oxygens (including phenoxy) is 3. The number of carbonyl (C=O) groups excluding carboxylic acids is 1. The number of hydrogen-bond acceptors (Lipinski definition) is 4. The first kappa shape index (κ1) is 21.0. The molecule has 1 amide bonds. The van der Waals surface area contributed by atoms with Crippen molar-refractivity contribution in [3.8, 4) is 17.2 Å². The summed E-state index contributed by atoms with van der Waals surface area (Å²) < 4.78 is 17.2. The van der Waals surface area contributed by atoms with Gasteiger partial charge < -0.3 is 19.1 Å². The van der Waals surface area contributed by atoms with Gasteiger partial charge in [0.05, 0.1) is 20.3 Å². The van der Waals surface area contributed by atoms with Crippen LogP contribution in [0.4, 0.5) is 0 Å². The summed E-state index contributed by atoms with van der Waals surface area (Å²) in [4.78, 5) is 14.9. The summed E-state index contributed by atoms with van der Waals surface area (Å²) in [5.41, 5.74) is 4.55. The second-order valence-corrected chi connectivity index (χ2v) is 7.99. The Labute approximate surface area is 173 Å². The molecule has 2 aromatic carbocycles. The van der Waals surface area contributed by atoms with E-state index in [2.05, 4.69) is 19.9 Å². The molecule has 0 fully saturated rings. The van der Waals surface area contributed by atoms with E-state index in [1.54, 1.807) is 14.2 Å². The van der Waals surface area contributed by atoms with E-state index >= 15 is 0 Å². The maximum atomic E-state index is 12.9. The number of fused-ring (bicyclic) bond motifs is 1. The lowest BCUT2D eigenvalue weighted by Gasteiger charge is -2.38. The van der Waals surface area contributed by atoms with Crippen molar-refractivity contribution in [3.05, 3.63) is 52.6 Å². The molecule has 0 bridgehead atoms. The van der Waals surface area contributed by atoms with Crippen molar-refractivity contribution in [2.75, 3.05) is 27.4 Å². The predicted molar refractivity (Wildman–Crippen MR) is 114 cm³/mol. The first-order chi connectivity index (χ1) is 13.8. The normalized spacial score (nSPS) is 15.8. The highest BCUT2D eigenvalue weighted by Gasteiger charge is 2.33. The number of hydrogen-bond donors (Lipinski definition) is 0. The second-order valence-electron chi connectivity index (χ2n) is 7.99. The highest BCUT2D eigenvalue weighted by atomic mass is 16.5. The Morgan fingerprint density at radius 2 is 1.66 bits per heavy atom. The van der Waals surface area contributed by atoms with Gasteiger partial charge >= 0.3 is 0 Å². The van der Waals surface area contributed by atoms with Gasteiger partial charge in [0.25, 0.3) is 0 Å². The van der Waals surface area contributed by atoms with Crippen LogP contribution < -0.4 is 14.2 Å². The summed E-state index contributed by atoms with van der Waals surface area (Å²) in [6.07, 6.45) is 0.786. The average molecular weight is 398 g/mol. The van der Waals surface area contributed by atoms with E-state index < -0.39 is 0 Å². The van der Waals surface area contributed by atoms with Crippen molar-refractivity contribution in [1.29, 1.82) is 0 Å². The number of methoxy groups -OCH3 is 2. The third-order valence-corrected chi connectivity index (χ3v) is 5.38. The van der Waals surface area contributed by atoms with Crippen molar-refractivity contribution < 1.29 is 19.0 Å². The minimum Gasteiger partial charge on any atom is -0.493 e. The largest absolute Gasteiger partial charge is 0.493 e. The zero-order chi connectivity index (χ0) is 21.1. The van der Waals surface area contributed by atoms with Gasteiger partial charge in [-0.3, -0.25) is 4.79 Å². The van der Waals surface area contributed by atoms with E-state index in [-0.39, 0.29) is 17.9 Å². The monoisotopic (exact) mass is 397 g/mol. The highest BCUT2D eigenvalue weighted by molar-refractivity contribution is 5.79. The maximum absolute atomic E-state index is 12.9. The molecular weight excluding hydrogens is 366 g/mol. The van der Waals surface area contributed by atoms with Crippen LogP contribution >= 0.6 is 0 Å². The molecule has 156 valence electrons. The zero-order valence-electron chi connectivity index (χ0n) is 18.2. The van der Waals surface area contributed by atoms with E-state index in [9.17, 15) is 4.79 Å². The Kier molecular flexibility index (Phi) is 6.36. The number of aryl methyl sites for hydroxylation is 2. The molecule has 1 aliphatic heterocycles. The number of benzene rings is 2. The Bertz CT molecular complexity index is 870. The quantitative estimate of drug-likeness (QED) is 0.721. The number of rotatable bonds is 6. The van der Waals surface area contributed by atoms with Crippen LogP contribution in [0, 0.1) is 19.8 Å². The molecule has 0 saturated carbocycles. The molecule has 1 aliphatic rings. The Morgan fingerprint density at radius 1 is 1.03 bits per heavy atom. The Hall–Kier alpha value is -2.69. The minimum absolute atomic E-state index is 0.0691. The van der Waals surface area contributed by atoms with Gasteiger partial charge in [-0.25, -0.2) is 0 Å². The topological polar surface area (TPSA) is 48.0 Å². The third-order valence-electron chi connectivity index (χ3n) is 5.38. The Balaban J connectivity index is 1.97. The fourth-order valence-electron chi connectivity index (χ4n) is 3.99. The van der Waals surface area contributed by atoms with Crippen LogP contribution in [0.3, 0.4) is 0 Å². The van der Waals surface area contributed by atoms with Crippen LogP contribution in [0.15, 0.2) is 30.3 Å². The van der Waals surface area contributed by atoms with Gasteiger partial charge in [0.2, 0.25) is 5.91 Å². The summed E-state index contributed by atoms with van der Waals surface area (Å²) in [5, 5.41) is 0. The van der Waals surface area contributed by atoms with Crippen molar-refractivity contribution in [2.45, 2.75) is 40.2 Å². The third kappa shape index (κ3) is 4.50. The van der Waals surface area contributed by atoms with Crippen molar-refractivity contribution >= 4 is 5.91 Å². The van der Waals surface area contributed by atoms with Crippen molar-refractivity contribution in [3.63, 3.8) is 0 Å². The summed E-state index contributed by atoms with van der Waals surface area (Å²) in [5.74, 6) is 2.28. The van der Waals surface area contributed by atoms with E-state index in [0.29, 0.717) is 24.7 Å². The van der Waals surface area contributed by atoms with E-state index in [4.69, 9.17) is 14.2 Å². The Morgan fingerprint density at radius 3 is 2.24 bits per heavy atom. The van der Waals surface area contributed by atoms with Crippen LogP contribution in [0.25, 0.3) is 0 Å². The maximum Gasteiger partial charge on any atom is 0.225 e. The molecule has 3 rings (SSSR count). The van der Waals surface area contributed by atoms with E-state index in [0.717, 1.165) is 28.9 Å². The van der Waals surface area contributed by atoms with Gasteiger partial charge in [-0.15, -0.1) is 0 Å². The number of nitrogens with zero attached hydrogens (tertiary/aromatic N) is 1. The molecule has 1 atom stereocenters. The van der Waals surface area contributed by atoms with Gasteiger partial charge in [0.1, 0.15) is 12.4 Å². The molecule has 5 nitrogen and oxygen atoms in total. The molecular formula is C24H31NO4. The molecule has 0 aliphatic carbocycles. The van der Waals surface area contributed by atoms with Gasteiger partial charge in [-0.2, -0.15) is 0 Å². The van der Waals surface area contributed by atoms with Crippen LogP contribution in [0.5, 0.6) is 17.2 Å². The molecule has 5 heteroatoms. The summed E-state index contributed by atoms with van der Waals surface area (Å²) in [6, 6.07) is 10.0. The summed E-state index contributed by atoms with van der Waals surface area (Å²) >= 11 is 0. The van der Waals surface area contributed by atoms with Crippen molar-refractivity contribution in [1.82, 2.24) is 4.90 Å². The fourth-order valence-corrected chi connectivity index (χ4v) is 3.99. The van der Waals surface area contributed by atoms with Crippen LogP contribution in [-0.2, 0) is 11.2 Å². The molecule has 0 N–H and O–H groups in total.